The van der Waals surface area contributed by atoms with Crippen LogP contribution >= 0.6 is 15.9 Å². The molecule has 1 aromatic carbocycles. The summed E-state index contributed by atoms with van der Waals surface area (Å²) in [7, 11) is 0. The Morgan fingerprint density at radius 2 is 1.81 bits per heavy atom. The molecule has 1 aromatic rings. The molecule has 0 spiro atoms. The highest BCUT2D eigenvalue weighted by Gasteiger charge is 2.29. The van der Waals surface area contributed by atoms with Crippen molar-refractivity contribution in [2.45, 2.75) is 45.6 Å². The molecule has 0 heterocycles. The standard InChI is InChI=1S/C18H27BrN2/c1-2-9-20-11-16-7-8-17(10-18(16)19)21(12-14-3-4-14)13-15-5-6-15/h7-8,10,14-15,20H,2-6,9,11-13H2,1H3. The molecule has 0 aliphatic heterocycles. The van der Waals surface area contributed by atoms with Gasteiger partial charge in [-0.1, -0.05) is 28.9 Å². The molecule has 0 saturated heterocycles. The van der Waals surface area contributed by atoms with Gasteiger partial charge in [-0.25, -0.2) is 0 Å². The minimum atomic E-state index is 0.952. The minimum absolute atomic E-state index is 0.952. The first-order valence-corrected chi connectivity index (χ1v) is 9.29. The number of halogens is 1. The Hall–Kier alpha value is -0.540. The van der Waals surface area contributed by atoms with E-state index in [2.05, 4.69) is 51.3 Å². The molecule has 1 N–H and O–H groups in total. The average molecular weight is 351 g/mol. The Morgan fingerprint density at radius 3 is 2.33 bits per heavy atom. The highest BCUT2D eigenvalue weighted by atomic mass is 79.9. The second-order valence-electron chi connectivity index (χ2n) is 6.74. The van der Waals surface area contributed by atoms with E-state index >= 15 is 0 Å². The Kier molecular flexibility index (Phi) is 5.23. The zero-order valence-electron chi connectivity index (χ0n) is 13.1. The molecule has 3 heteroatoms. The van der Waals surface area contributed by atoms with Crippen LogP contribution < -0.4 is 10.2 Å². The summed E-state index contributed by atoms with van der Waals surface area (Å²) in [6.45, 7) is 6.77. The molecule has 3 rings (SSSR count). The lowest BCUT2D eigenvalue weighted by Gasteiger charge is -2.25. The van der Waals surface area contributed by atoms with Crippen LogP contribution in [0.5, 0.6) is 0 Å². The molecule has 0 atom stereocenters. The summed E-state index contributed by atoms with van der Waals surface area (Å²) in [5.41, 5.74) is 2.77. The van der Waals surface area contributed by atoms with Gasteiger partial charge in [-0.05, 0) is 68.2 Å². The van der Waals surface area contributed by atoms with Gasteiger partial charge in [-0.15, -0.1) is 0 Å². The van der Waals surface area contributed by atoms with Crippen LogP contribution in [-0.4, -0.2) is 19.6 Å². The number of nitrogens with zero attached hydrogens (tertiary/aromatic N) is 1. The molecule has 2 nitrogen and oxygen atoms in total. The SMILES string of the molecule is CCCNCc1ccc(N(CC2CC2)CC2CC2)cc1Br. The van der Waals surface area contributed by atoms with E-state index in [0.29, 0.717) is 0 Å². The minimum Gasteiger partial charge on any atom is -0.371 e. The Labute approximate surface area is 137 Å². The van der Waals surface area contributed by atoms with E-state index in [4.69, 9.17) is 0 Å². The van der Waals surface area contributed by atoms with Gasteiger partial charge < -0.3 is 10.2 Å². The Balaban J connectivity index is 1.65. The fourth-order valence-corrected chi connectivity index (χ4v) is 3.29. The number of rotatable bonds is 9. The van der Waals surface area contributed by atoms with E-state index in [1.165, 1.54) is 60.9 Å². The van der Waals surface area contributed by atoms with Crippen LogP contribution in [0.15, 0.2) is 22.7 Å². The molecule has 2 saturated carbocycles. The molecule has 2 aliphatic rings. The molecule has 0 aromatic heterocycles. The lowest BCUT2D eigenvalue weighted by molar-refractivity contribution is 0.670. The lowest BCUT2D eigenvalue weighted by atomic mass is 10.1. The van der Waals surface area contributed by atoms with Gasteiger partial charge in [-0.2, -0.15) is 0 Å². The maximum Gasteiger partial charge on any atom is 0.0377 e. The summed E-state index contributed by atoms with van der Waals surface area (Å²) >= 11 is 3.76. The highest BCUT2D eigenvalue weighted by Crippen LogP contribution is 2.36. The first-order chi connectivity index (χ1) is 10.3. The largest absolute Gasteiger partial charge is 0.371 e. The van der Waals surface area contributed by atoms with Crippen molar-refractivity contribution in [1.29, 1.82) is 0 Å². The summed E-state index contributed by atoms with van der Waals surface area (Å²) in [6, 6.07) is 6.93. The zero-order chi connectivity index (χ0) is 14.7. The summed E-state index contributed by atoms with van der Waals surface area (Å²) in [5, 5.41) is 3.48. The quantitative estimate of drug-likeness (QED) is 0.656. The van der Waals surface area contributed by atoms with Crippen molar-refractivity contribution in [3.05, 3.63) is 28.2 Å². The molecule has 0 bridgehead atoms. The summed E-state index contributed by atoms with van der Waals surface area (Å²) in [4.78, 5) is 2.63. The molecule has 21 heavy (non-hydrogen) atoms. The van der Waals surface area contributed by atoms with Crippen molar-refractivity contribution < 1.29 is 0 Å². The highest BCUT2D eigenvalue weighted by molar-refractivity contribution is 9.10. The molecule has 0 unspecified atom stereocenters. The maximum absolute atomic E-state index is 3.76. The molecule has 2 aliphatic carbocycles. The molecular formula is C18H27BrN2. The van der Waals surface area contributed by atoms with Crippen LogP contribution in [0.2, 0.25) is 0 Å². The number of hydrogen-bond donors (Lipinski definition) is 1. The number of hydrogen-bond acceptors (Lipinski definition) is 2. The van der Waals surface area contributed by atoms with Crippen LogP contribution in [0.3, 0.4) is 0 Å². The van der Waals surface area contributed by atoms with Crippen molar-refractivity contribution in [3.63, 3.8) is 0 Å². The predicted molar refractivity (Wildman–Crippen MR) is 93.8 cm³/mol. The van der Waals surface area contributed by atoms with Gasteiger partial charge in [-0.3, -0.25) is 0 Å². The molecule has 0 radical (unpaired) electrons. The predicted octanol–water partition coefficient (Wildman–Crippen LogP) is 4.58. The van der Waals surface area contributed by atoms with Crippen molar-refractivity contribution in [2.24, 2.45) is 11.8 Å². The smallest absolute Gasteiger partial charge is 0.0377 e. The number of nitrogens with one attached hydrogen (secondary N) is 1. The van der Waals surface area contributed by atoms with Crippen molar-refractivity contribution in [1.82, 2.24) is 5.32 Å². The average Bonchev–Trinajstić information content (AvgIpc) is 3.35. The third-order valence-corrected chi connectivity index (χ3v) is 5.23. The normalized spacial score (nSPS) is 18.0. The van der Waals surface area contributed by atoms with E-state index in [1.54, 1.807) is 0 Å². The van der Waals surface area contributed by atoms with E-state index in [9.17, 15) is 0 Å². The van der Waals surface area contributed by atoms with Crippen molar-refractivity contribution in [2.75, 3.05) is 24.5 Å². The summed E-state index contributed by atoms with van der Waals surface area (Å²) < 4.78 is 1.25. The van der Waals surface area contributed by atoms with Crippen LogP contribution in [0, 0.1) is 11.8 Å². The summed E-state index contributed by atoms with van der Waals surface area (Å²) in [6.07, 6.45) is 6.91. The zero-order valence-corrected chi connectivity index (χ0v) is 14.7. The molecule has 0 amide bonds. The van der Waals surface area contributed by atoms with Crippen LogP contribution in [0.25, 0.3) is 0 Å². The van der Waals surface area contributed by atoms with Crippen LogP contribution in [0.4, 0.5) is 5.69 Å². The molecule has 2 fully saturated rings. The van der Waals surface area contributed by atoms with E-state index in [-0.39, 0.29) is 0 Å². The van der Waals surface area contributed by atoms with E-state index < -0.39 is 0 Å². The second kappa shape index (κ2) is 7.15. The number of benzene rings is 1. The van der Waals surface area contributed by atoms with Crippen LogP contribution in [0.1, 0.15) is 44.6 Å². The summed E-state index contributed by atoms with van der Waals surface area (Å²) in [5.74, 6) is 1.90. The Morgan fingerprint density at radius 1 is 1.14 bits per heavy atom. The van der Waals surface area contributed by atoms with Gasteiger partial charge in [0.2, 0.25) is 0 Å². The first kappa shape index (κ1) is 15.4. The van der Waals surface area contributed by atoms with Crippen LogP contribution in [-0.2, 0) is 6.54 Å². The van der Waals surface area contributed by atoms with Gasteiger partial charge in [0, 0.05) is 29.8 Å². The fraction of sp³-hybridized carbons (Fsp3) is 0.667. The van der Waals surface area contributed by atoms with E-state index in [0.717, 1.165) is 24.9 Å². The second-order valence-corrected chi connectivity index (χ2v) is 7.60. The van der Waals surface area contributed by atoms with Gasteiger partial charge in [0.05, 0.1) is 0 Å². The van der Waals surface area contributed by atoms with Gasteiger partial charge in [0.25, 0.3) is 0 Å². The van der Waals surface area contributed by atoms with Crippen molar-refractivity contribution >= 4 is 21.6 Å². The van der Waals surface area contributed by atoms with Gasteiger partial charge >= 0.3 is 0 Å². The third-order valence-electron chi connectivity index (χ3n) is 4.50. The lowest BCUT2D eigenvalue weighted by Crippen LogP contribution is -2.28. The fourth-order valence-electron chi connectivity index (χ4n) is 2.79. The topological polar surface area (TPSA) is 15.3 Å². The monoisotopic (exact) mass is 350 g/mol. The van der Waals surface area contributed by atoms with Gasteiger partial charge in [0.15, 0.2) is 0 Å². The first-order valence-electron chi connectivity index (χ1n) is 8.50. The third kappa shape index (κ3) is 4.72. The van der Waals surface area contributed by atoms with Gasteiger partial charge in [0.1, 0.15) is 0 Å². The maximum atomic E-state index is 3.76. The molecular weight excluding hydrogens is 324 g/mol. The van der Waals surface area contributed by atoms with E-state index in [1.807, 2.05) is 0 Å². The number of anilines is 1. The van der Waals surface area contributed by atoms with Crippen molar-refractivity contribution in [3.8, 4) is 0 Å². The Bertz CT molecular complexity index is 452. The molecule has 116 valence electrons.